The van der Waals surface area contributed by atoms with Gasteiger partial charge in [0.2, 0.25) is 5.91 Å². The molecule has 0 aromatic heterocycles. The molecule has 2 aromatic carbocycles. The number of nitrogens with zero attached hydrogens (tertiary/aromatic N) is 3. The summed E-state index contributed by atoms with van der Waals surface area (Å²) in [7, 11) is 5.30. The lowest BCUT2D eigenvalue weighted by Crippen LogP contribution is -2.29. The highest BCUT2D eigenvalue weighted by Gasteiger charge is 2.27. The summed E-state index contributed by atoms with van der Waals surface area (Å²) in [5, 5.41) is 0.448. The van der Waals surface area contributed by atoms with Gasteiger partial charge >= 0.3 is 0 Å². The number of rotatable bonds is 6. The third-order valence-corrected chi connectivity index (χ3v) is 4.71. The van der Waals surface area contributed by atoms with Gasteiger partial charge in [-0.3, -0.25) is 4.79 Å². The Labute approximate surface area is 165 Å². The van der Waals surface area contributed by atoms with E-state index in [4.69, 9.17) is 11.6 Å². The van der Waals surface area contributed by atoms with Crippen LogP contribution >= 0.6 is 11.6 Å². The maximum atomic E-state index is 13.8. The summed E-state index contributed by atoms with van der Waals surface area (Å²) in [6.45, 7) is 4.76. The second kappa shape index (κ2) is 9.00. The Balaban J connectivity index is 2.55. The summed E-state index contributed by atoms with van der Waals surface area (Å²) in [6, 6.07) is 9.73. The van der Waals surface area contributed by atoms with Crippen molar-refractivity contribution in [3.63, 3.8) is 0 Å². The fourth-order valence-electron chi connectivity index (χ4n) is 2.73. The summed E-state index contributed by atoms with van der Waals surface area (Å²) in [5.41, 5.74) is 2.84. The lowest BCUT2D eigenvalue weighted by molar-refractivity contribution is -0.129. The van der Waals surface area contributed by atoms with E-state index in [1.54, 1.807) is 38.6 Å². The molecule has 0 saturated heterocycles. The first kappa shape index (κ1) is 20.9. The summed E-state index contributed by atoms with van der Waals surface area (Å²) in [5.74, 6) is -1.15. The minimum atomic E-state index is -0.635. The average molecular weight is 390 g/mol. The lowest BCUT2D eigenvalue weighted by Gasteiger charge is -2.23. The Hall–Kier alpha value is -2.40. The highest BCUT2D eigenvalue weighted by molar-refractivity contribution is 6.33. The van der Waals surface area contributed by atoms with Gasteiger partial charge < -0.3 is 9.80 Å². The predicted molar refractivity (Wildman–Crippen MR) is 110 cm³/mol. The Kier molecular flexibility index (Phi) is 6.97. The van der Waals surface area contributed by atoms with Crippen LogP contribution in [0.1, 0.15) is 29.5 Å². The highest BCUT2D eigenvalue weighted by Crippen LogP contribution is 2.35. The lowest BCUT2D eigenvalue weighted by atomic mass is 9.87. The molecule has 0 aliphatic carbocycles. The van der Waals surface area contributed by atoms with Crippen LogP contribution in [0.5, 0.6) is 0 Å². The molecule has 0 heterocycles. The van der Waals surface area contributed by atoms with Crippen LogP contribution in [-0.4, -0.2) is 49.7 Å². The van der Waals surface area contributed by atoms with Crippen molar-refractivity contribution in [1.29, 1.82) is 0 Å². The first-order chi connectivity index (χ1) is 12.7. The molecule has 1 atom stereocenters. The molecule has 2 aromatic rings. The monoisotopic (exact) mass is 389 g/mol. The van der Waals surface area contributed by atoms with Crippen molar-refractivity contribution in [2.45, 2.75) is 19.8 Å². The van der Waals surface area contributed by atoms with E-state index in [1.807, 2.05) is 31.9 Å². The number of likely N-dealkylation sites (N-methyl/N-ethyl adjacent to an activating group) is 1. The normalized spacial score (nSPS) is 12.3. The van der Waals surface area contributed by atoms with Gasteiger partial charge in [0.25, 0.3) is 0 Å². The van der Waals surface area contributed by atoms with Gasteiger partial charge in [-0.05, 0) is 54.8 Å². The minimum absolute atomic E-state index is 0.137. The predicted octanol–water partition coefficient (Wildman–Crippen LogP) is 4.62. The van der Waals surface area contributed by atoms with E-state index in [1.165, 1.54) is 17.0 Å². The van der Waals surface area contributed by atoms with Crippen LogP contribution < -0.4 is 0 Å². The molecule has 2 rings (SSSR count). The fourth-order valence-corrected chi connectivity index (χ4v) is 2.95. The minimum Gasteiger partial charge on any atom is -0.366 e. The molecule has 0 aliphatic heterocycles. The Bertz CT molecular complexity index is 851. The summed E-state index contributed by atoms with van der Waals surface area (Å²) in [4.78, 5) is 20.7. The van der Waals surface area contributed by atoms with E-state index in [-0.39, 0.29) is 11.7 Å². The zero-order valence-electron chi connectivity index (χ0n) is 16.3. The molecule has 1 amide bonds. The maximum Gasteiger partial charge on any atom is 0.234 e. The number of carbonyl (C=O) groups excluding carboxylic acids is 1. The van der Waals surface area contributed by atoms with Gasteiger partial charge in [-0.2, -0.15) is 0 Å². The van der Waals surface area contributed by atoms with Gasteiger partial charge in [-0.25, -0.2) is 9.38 Å². The number of carbonyl (C=O) groups is 1. The highest BCUT2D eigenvalue weighted by atomic mass is 35.5. The third-order valence-electron chi connectivity index (χ3n) is 4.41. The van der Waals surface area contributed by atoms with Crippen LogP contribution in [0.25, 0.3) is 0 Å². The third kappa shape index (κ3) is 5.07. The van der Waals surface area contributed by atoms with E-state index in [0.29, 0.717) is 16.3 Å². The Morgan fingerprint density at radius 1 is 1.26 bits per heavy atom. The zero-order chi connectivity index (χ0) is 20.1. The fraction of sp³-hybridized carbons (Fsp3) is 0.333. The van der Waals surface area contributed by atoms with E-state index in [9.17, 15) is 9.18 Å². The van der Waals surface area contributed by atoms with E-state index >= 15 is 0 Å². The zero-order valence-corrected chi connectivity index (χ0v) is 17.1. The topological polar surface area (TPSA) is 35.9 Å². The maximum absolute atomic E-state index is 13.8. The number of aryl methyl sites for hydroxylation is 1. The van der Waals surface area contributed by atoms with Gasteiger partial charge in [0.1, 0.15) is 5.82 Å². The van der Waals surface area contributed by atoms with Crippen molar-refractivity contribution < 1.29 is 9.18 Å². The van der Waals surface area contributed by atoms with Gasteiger partial charge in [0, 0.05) is 27.7 Å². The van der Waals surface area contributed by atoms with Crippen LogP contribution in [0, 0.1) is 12.7 Å². The molecule has 6 heteroatoms. The second-order valence-electron chi connectivity index (χ2n) is 6.70. The standard InChI is InChI=1S/C21H25ClFN3O/c1-6-26(5)13-24-19-10-14(2)17(12-18(19)22)20(21(27)25(3)4)15-8-7-9-16(23)11-15/h7-13,20H,6H2,1-5H3. The molecule has 144 valence electrons. The number of hydrogen-bond acceptors (Lipinski definition) is 2. The van der Waals surface area contributed by atoms with Gasteiger partial charge in [-0.1, -0.05) is 23.7 Å². The van der Waals surface area contributed by atoms with Crippen molar-refractivity contribution in [3.05, 3.63) is 63.9 Å². The summed E-state index contributed by atoms with van der Waals surface area (Å²) in [6.07, 6.45) is 1.72. The van der Waals surface area contributed by atoms with Crippen LogP contribution in [0.15, 0.2) is 41.4 Å². The number of aliphatic imine (C=N–C) groups is 1. The van der Waals surface area contributed by atoms with Crippen molar-refractivity contribution >= 4 is 29.5 Å². The SMILES string of the molecule is CCN(C)C=Nc1cc(C)c(C(C(=O)N(C)C)c2cccc(F)c2)cc1Cl. The van der Waals surface area contributed by atoms with Crippen LogP contribution in [0.2, 0.25) is 5.02 Å². The molecular formula is C21H25ClFN3O. The number of benzene rings is 2. The molecule has 4 nitrogen and oxygen atoms in total. The molecule has 0 bridgehead atoms. The molecule has 0 fully saturated rings. The molecule has 0 N–H and O–H groups in total. The number of amides is 1. The van der Waals surface area contributed by atoms with Crippen molar-refractivity contribution in [2.24, 2.45) is 4.99 Å². The van der Waals surface area contributed by atoms with Gasteiger partial charge in [-0.15, -0.1) is 0 Å². The Morgan fingerprint density at radius 2 is 1.96 bits per heavy atom. The van der Waals surface area contributed by atoms with Crippen molar-refractivity contribution in [1.82, 2.24) is 9.80 Å². The van der Waals surface area contributed by atoms with E-state index in [2.05, 4.69) is 4.99 Å². The average Bonchev–Trinajstić information content (AvgIpc) is 2.62. The van der Waals surface area contributed by atoms with Crippen molar-refractivity contribution in [2.75, 3.05) is 27.7 Å². The largest absolute Gasteiger partial charge is 0.366 e. The van der Waals surface area contributed by atoms with Crippen LogP contribution in [0.3, 0.4) is 0 Å². The summed E-state index contributed by atoms with van der Waals surface area (Å²) < 4.78 is 13.8. The van der Waals surface area contributed by atoms with Crippen LogP contribution in [0.4, 0.5) is 10.1 Å². The smallest absolute Gasteiger partial charge is 0.234 e. The molecule has 0 spiro atoms. The van der Waals surface area contributed by atoms with Gasteiger partial charge in [0.05, 0.1) is 23.0 Å². The van der Waals surface area contributed by atoms with Crippen LogP contribution in [-0.2, 0) is 4.79 Å². The van der Waals surface area contributed by atoms with E-state index < -0.39 is 5.92 Å². The molecule has 1 unspecified atom stereocenters. The van der Waals surface area contributed by atoms with E-state index in [0.717, 1.165) is 17.7 Å². The number of hydrogen-bond donors (Lipinski definition) is 0. The van der Waals surface area contributed by atoms with Gasteiger partial charge in [0.15, 0.2) is 0 Å². The molecule has 0 aliphatic rings. The van der Waals surface area contributed by atoms with Crippen molar-refractivity contribution in [3.8, 4) is 0 Å². The number of halogens is 2. The Morgan fingerprint density at radius 3 is 2.56 bits per heavy atom. The second-order valence-corrected chi connectivity index (χ2v) is 7.11. The first-order valence-corrected chi connectivity index (χ1v) is 9.13. The molecular weight excluding hydrogens is 365 g/mol. The molecule has 0 radical (unpaired) electrons. The summed E-state index contributed by atoms with van der Waals surface area (Å²) >= 11 is 6.44. The first-order valence-electron chi connectivity index (χ1n) is 8.75. The molecule has 0 saturated carbocycles. The molecule has 27 heavy (non-hydrogen) atoms. The quantitative estimate of drug-likeness (QED) is 0.534.